The number of carbonyl (C=O) groups excluding carboxylic acids is 7. The molecule has 0 heterocycles. The van der Waals surface area contributed by atoms with Crippen LogP contribution in [0.25, 0.3) is 0 Å². The number of aliphatic hydroxyl groups excluding tert-OH is 1. The summed E-state index contributed by atoms with van der Waals surface area (Å²) in [5.41, 5.74) is 12.9. The van der Waals surface area contributed by atoms with Crippen LogP contribution in [0.3, 0.4) is 0 Å². The number of benzene rings is 2. The number of amides is 9. The van der Waals surface area contributed by atoms with Gasteiger partial charge in [0, 0.05) is 24.3 Å². The van der Waals surface area contributed by atoms with Gasteiger partial charge >= 0.3 is 18.0 Å². The van der Waals surface area contributed by atoms with Crippen molar-refractivity contribution in [2.24, 2.45) is 17.4 Å². The van der Waals surface area contributed by atoms with Gasteiger partial charge in [0.25, 0.3) is 0 Å². The molecule has 294 valence electrons. The van der Waals surface area contributed by atoms with Crippen LogP contribution >= 0.6 is 0 Å². The Morgan fingerprint density at radius 3 is 1.89 bits per heavy atom. The first-order valence-electron chi connectivity index (χ1n) is 17.1. The molecule has 0 aliphatic carbocycles. The zero-order valence-corrected chi connectivity index (χ0v) is 30.3. The Morgan fingerprint density at radius 2 is 1.33 bits per heavy atom. The Hall–Kier alpha value is -6.24. The van der Waals surface area contributed by atoms with Crippen molar-refractivity contribution in [3.8, 4) is 0 Å². The number of nitrogens with two attached hydrogens (primary N) is 2. The highest BCUT2D eigenvalue weighted by atomic mass is 16.4. The molecular formula is C35H49N9O10. The van der Waals surface area contributed by atoms with E-state index in [4.69, 9.17) is 11.5 Å². The minimum atomic E-state index is -1.60. The first-order valence-corrected chi connectivity index (χ1v) is 17.1. The Labute approximate surface area is 311 Å². The van der Waals surface area contributed by atoms with Crippen LogP contribution in [0.15, 0.2) is 48.5 Å². The van der Waals surface area contributed by atoms with E-state index in [0.717, 1.165) is 5.56 Å². The van der Waals surface area contributed by atoms with Gasteiger partial charge in [0.2, 0.25) is 29.5 Å². The molecule has 4 atom stereocenters. The lowest BCUT2D eigenvalue weighted by Crippen LogP contribution is -2.59. The predicted molar refractivity (Wildman–Crippen MR) is 196 cm³/mol. The number of hydrogen-bond donors (Lipinski definition) is 11. The lowest BCUT2D eigenvalue weighted by Gasteiger charge is -2.26. The average Bonchev–Trinajstić information content (AvgIpc) is 3.10. The number of anilines is 2. The topological polar surface area (TPSA) is 313 Å². The first-order chi connectivity index (χ1) is 25.5. The molecule has 0 saturated heterocycles. The summed E-state index contributed by atoms with van der Waals surface area (Å²) in [7, 11) is 0. The molecule has 0 aliphatic heterocycles. The van der Waals surface area contributed by atoms with E-state index in [0.29, 0.717) is 16.9 Å². The molecule has 13 N–H and O–H groups in total. The van der Waals surface area contributed by atoms with Gasteiger partial charge in [-0.1, -0.05) is 44.2 Å². The highest BCUT2D eigenvalue weighted by molar-refractivity contribution is 6.00. The molecule has 0 aliphatic rings. The maximum atomic E-state index is 13.5. The van der Waals surface area contributed by atoms with Crippen LogP contribution in [0.4, 0.5) is 21.0 Å². The maximum absolute atomic E-state index is 13.5. The summed E-state index contributed by atoms with van der Waals surface area (Å²) >= 11 is 0. The molecule has 0 fully saturated rings. The van der Waals surface area contributed by atoms with Crippen LogP contribution in [0, 0.1) is 12.8 Å². The first kappa shape index (κ1) is 43.9. The van der Waals surface area contributed by atoms with Crippen LogP contribution in [0.1, 0.15) is 50.7 Å². The largest absolute Gasteiger partial charge is 0.481 e. The Morgan fingerprint density at radius 1 is 0.741 bits per heavy atom. The molecule has 19 nitrogen and oxygen atoms in total. The van der Waals surface area contributed by atoms with Crippen molar-refractivity contribution < 1.29 is 48.6 Å². The second kappa shape index (κ2) is 22.0. The van der Waals surface area contributed by atoms with Gasteiger partial charge in [0.05, 0.1) is 13.0 Å². The normalized spacial score (nSPS) is 12.9. The molecule has 0 bridgehead atoms. The lowest BCUT2D eigenvalue weighted by molar-refractivity contribution is -0.138. The molecule has 0 unspecified atom stereocenters. The number of nitrogens with one attached hydrogen (secondary N) is 7. The van der Waals surface area contributed by atoms with Crippen molar-refractivity contribution >= 4 is 58.9 Å². The van der Waals surface area contributed by atoms with Crippen LogP contribution in [0.2, 0.25) is 0 Å². The second-order valence-electron chi connectivity index (χ2n) is 12.7. The van der Waals surface area contributed by atoms with E-state index in [9.17, 15) is 48.6 Å². The Bertz CT molecular complexity index is 1650. The second-order valence-corrected chi connectivity index (χ2v) is 12.7. The molecule has 19 heteroatoms. The number of aliphatic hydroxyl groups is 1. The number of para-hydroxylation sites is 1. The molecule has 54 heavy (non-hydrogen) atoms. The van der Waals surface area contributed by atoms with Crippen LogP contribution in [-0.2, 0) is 35.2 Å². The molecular weight excluding hydrogens is 706 g/mol. The number of primary amides is 2. The minimum Gasteiger partial charge on any atom is -0.481 e. The van der Waals surface area contributed by atoms with E-state index in [1.54, 1.807) is 50.2 Å². The van der Waals surface area contributed by atoms with E-state index < -0.39 is 97.1 Å². The number of rotatable bonds is 21. The van der Waals surface area contributed by atoms with Gasteiger partial charge in [-0.3, -0.25) is 28.8 Å². The molecule has 0 saturated carbocycles. The molecule has 0 spiro atoms. The van der Waals surface area contributed by atoms with Crippen molar-refractivity contribution in [3.05, 3.63) is 59.7 Å². The van der Waals surface area contributed by atoms with Gasteiger partial charge in [0.1, 0.15) is 24.2 Å². The zero-order chi connectivity index (χ0) is 40.4. The van der Waals surface area contributed by atoms with E-state index in [2.05, 4.69) is 37.2 Å². The third-order valence-electron chi connectivity index (χ3n) is 7.96. The average molecular weight is 756 g/mol. The predicted octanol–water partition coefficient (Wildman–Crippen LogP) is -0.432. The zero-order valence-electron chi connectivity index (χ0n) is 30.3. The smallest absolute Gasteiger partial charge is 0.323 e. The molecule has 2 aromatic rings. The summed E-state index contributed by atoms with van der Waals surface area (Å²) in [5.74, 6) is -6.03. The number of aryl methyl sites for hydroxylation is 1. The molecule has 0 aromatic heterocycles. The summed E-state index contributed by atoms with van der Waals surface area (Å²) in [6.07, 6.45) is -1.10. The number of carbonyl (C=O) groups is 8. The van der Waals surface area contributed by atoms with Gasteiger partial charge in [-0.25, -0.2) is 9.59 Å². The number of aliphatic carboxylic acids is 1. The number of carboxylic acid groups (broad SMARTS) is 1. The number of hydrogen-bond acceptors (Lipinski definition) is 9. The third kappa shape index (κ3) is 15.6. The third-order valence-corrected chi connectivity index (χ3v) is 7.96. The van der Waals surface area contributed by atoms with E-state index in [1.165, 1.54) is 0 Å². The standard InChI is InChI=1S/C35H49N9O10/c1-19(2)29(30(36)49)44-33(52)26(18-45)42-32(51)25(14-15-28(47)48)41-31(50)24(9-6-16-38-34(37)53)40-27(46)17-21-10-12-22(13-11-21)39-35(54)43-23-8-5-4-7-20(23)3/h4-5,7-8,10-13,19,24-26,29,45H,6,9,14-18H2,1-3H3,(H2,36,49)(H,40,46)(H,41,50)(H,42,51)(H,44,52)(H,47,48)(H3,37,38,53)(H2,39,43,54)/t24-,25-,26-,29-/m0/s1. The van der Waals surface area contributed by atoms with Crippen LogP contribution in [0.5, 0.6) is 0 Å². The lowest BCUT2D eigenvalue weighted by atomic mass is 10.0. The van der Waals surface area contributed by atoms with Gasteiger partial charge in [-0.05, 0) is 61.4 Å². The van der Waals surface area contributed by atoms with Crippen molar-refractivity contribution in [3.63, 3.8) is 0 Å². The molecule has 9 amide bonds. The highest BCUT2D eigenvalue weighted by Crippen LogP contribution is 2.15. The SMILES string of the molecule is Cc1ccccc1NC(=O)Nc1ccc(CC(=O)N[C@@H](CCCNC(N)=O)C(=O)N[C@@H](CCC(=O)O)C(=O)N[C@@H](CO)C(=O)N[C@H](C(N)=O)C(C)C)cc1. The summed E-state index contributed by atoms with van der Waals surface area (Å²) in [6.45, 7) is 4.21. The minimum absolute atomic E-state index is 0.0414. The summed E-state index contributed by atoms with van der Waals surface area (Å²) in [4.78, 5) is 99.4. The Balaban J connectivity index is 2.15. The molecule has 2 rings (SSSR count). The fraction of sp³-hybridized carbons (Fsp3) is 0.429. The van der Waals surface area contributed by atoms with Gasteiger partial charge in [0.15, 0.2) is 0 Å². The summed E-state index contributed by atoms with van der Waals surface area (Å²) in [6, 6.07) is 6.80. The maximum Gasteiger partial charge on any atom is 0.323 e. The van der Waals surface area contributed by atoms with Gasteiger partial charge in [-0.15, -0.1) is 0 Å². The fourth-order valence-corrected chi connectivity index (χ4v) is 5.02. The van der Waals surface area contributed by atoms with Crippen molar-refractivity contribution in [2.45, 2.75) is 77.0 Å². The van der Waals surface area contributed by atoms with E-state index >= 15 is 0 Å². The molecule has 2 aromatic carbocycles. The van der Waals surface area contributed by atoms with E-state index in [-0.39, 0.29) is 25.8 Å². The van der Waals surface area contributed by atoms with Crippen LogP contribution < -0.4 is 48.7 Å². The highest BCUT2D eigenvalue weighted by Gasteiger charge is 2.31. The fourth-order valence-electron chi connectivity index (χ4n) is 5.02. The summed E-state index contributed by atoms with van der Waals surface area (Å²) in [5, 5.41) is 36.5. The quantitative estimate of drug-likeness (QED) is 0.0731. The monoisotopic (exact) mass is 755 g/mol. The molecule has 0 radical (unpaired) electrons. The van der Waals surface area contributed by atoms with Crippen molar-refractivity contribution in [1.82, 2.24) is 26.6 Å². The van der Waals surface area contributed by atoms with Gasteiger partial charge in [-0.2, -0.15) is 0 Å². The van der Waals surface area contributed by atoms with Crippen molar-refractivity contribution in [1.29, 1.82) is 0 Å². The van der Waals surface area contributed by atoms with Crippen molar-refractivity contribution in [2.75, 3.05) is 23.8 Å². The number of carboxylic acids is 1. The Kier molecular flexibility index (Phi) is 17.9. The summed E-state index contributed by atoms with van der Waals surface area (Å²) < 4.78 is 0. The van der Waals surface area contributed by atoms with Gasteiger partial charge < -0.3 is 58.9 Å². The van der Waals surface area contributed by atoms with E-state index in [1.807, 2.05) is 19.1 Å². The number of urea groups is 2. The van der Waals surface area contributed by atoms with Crippen LogP contribution in [-0.4, -0.2) is 95.1 Å².